The molecule has 2 aromatic rings. The van der Waals surface area contributed by atoms with Crippen molar-refractivity contribution in [3.63, 3.8) is 0 Å². The van der Waals surface area contributed by atoms with E-state index in [2.05, 4.69) is 10.3 Å². The van der Waals surface area contributed by atoms with E-state index in [4.69, 9.17) is 11.6 Å². The summed E-state index contributed by atoms with van der Waals surface area (Å²) in [5.41, 5.74) is -0.588. The third-order valence-electron chi connectivity index (χ3n) is 5.15. The molecule has 30 heavy (non-hydrogen) atoms. The van der Waals surface area contributed by atoms with Crippen LogP contribution in [0.1, 0.15) is 41.6 Å². The van der Waals surface area contributed by atoms with Crippen LogP contribution in [0, 0.1) is 5.92 Å². The van der Waals surface area contributed by atoms with Crippen molar-refractivity contribution < 1.29 is 26.4 Å². The van der Waals surface area contributed by atoms with E-state index in [0.717, 1.165) is 12.1 Å². The Labute approximate surface area is 177 Å². The molecular formula is C20H20ClF3N2O3S. The van der Waals surface area contributed by atoms with Gasteiger partial charge in [0, 0.05) is 17.8 Å². The van der Waals surface area contributed by atoms with E-state index < -0.39 is 21.6 Å². The molecule has 1 aliphatic rings. The Morgan fingerprint density at radius 3 is 2.47 bits per heavy atom. The first-order valence-electron chi connectivity index (χ1n) is 9.37. The van der Waals surface area contributed by atoms with Crippen LogP contribution in [-0.4, -0.2) is 31.1 Å². The molecule has 0 radical (unpaired) electrons. The molecule has 1 heterocycles. The molecule has 5 nitrogen and oxygen atoms in total. The van der Waals surface area contributed by atoms with Crippen molar-refractivity contribution in [2.75, 3.05) is 5.75 Å². The average molecular weight is 461 g/mol. The monoisotopic (exact) mass is 460 g/mol. The van der Waals surface area contributed by atoms with Gasteiger partial charge in [0.2, 0.25) is 0 Å². The molecule has 0 unspecified atom stereocenters. The number of benzene rings is 1. The molecule has 1 aromatic heterocycles. The molecule has 0 atom stereocenters. The maximum absolute atomic E-state index is 12.9. The van der Waals surface area contributed by atoms with Crippen LogP contribution in [0.2, 0.25) is 5.15 Å². The number of amides is 1. The van der Waals surface area contributed by atoms with Crippen molar-refractivity contribution >= 4 is 27.3 Å². The number of alkyl halides is 3. The van der Waals surface area contributed by atoms with Gasteiger partial charge in [-0.3, -0.25) is 4.79 Å². The third kappa shape index (κ3) is 5.72. The fourth-order valence-corrected chi connectivity index (χ4v) is 5.47. The van der Waals surface area contributed by atoms with Gasteiger partial charge in [-0.2, -0.15) is 13.2 Å². The Kier molecular flexibility index (Phi) is 6.71. The van der Waals surface area contributed by atoms with Crippen LogP contribution in [0.4, 0.5) is 13.2 Å². The van der Waals surface area contributed by atoms with E-state index in [1.165, 1.54) is 18.3 Å². The number of rotatable bonds is 5. The Morgan fingerprint density at radius 1 is 1.13 bits per heavy atom. The minimum absolute atomic E-state index is 0.100. The minimum Gasteiger partial charge on any atom is -0.349 e. The highest BCUT2D eigenvalue weighted by atomic mass is 35.5. The number of halogens is 4. The largest absolute Gasteiger partial charge is 0.416 e. The summed E-state index contributed by atoms with van der Waals surface area (Å²) in [5, 5.41) is 3.12. The Balaban J connectivity index is 1.57. The van der Waals surface area contributed by atoms with Gasteiger partial charge >= 0.3 is 6.18 Å². The molecule has 0 spiro atoms. The van der Waals surface area contributed by atoms with Gasteiger partial charge in [-0.25, -0.2) is 13.4 Å². The van der Waals surface area contributed by atoms with Gasteiger partial charge in [-0.1, -0.05) is 17.7 Å². The molecule has 1 aliphatic carbocycles. The summed E-state index contributed by atoms with van der Waals surface area (Å²) in [6.07, 6.45) is -0.866. The molecule has 0 aliphatic heterocycles. The summed E-state index contributed by atoms with van der Waals surface area (Å²) >= 11 is 5.79. The zero-order valence-electron chi connectivity index (χ0n) is 15.8. The highest BCUT2D eigenvalue weighted by Crippen LogP contribution is 2.32. The zero-order chi connectivity index (χ0) is 21.9. The van der Waals surface area contributed by atoms with Gasteiger partial charge in [-0.15, -0.1) is 0 Å². The molecule has 1 amide bonds. The smallest absolute Gasteiger partial charge is 0.349 e. The number of nitrogens with one attached hydrogen (secondary N) is 1. The summed E-state index contributed by atoms with van der Waals surface area (Å²) in [6.45, 7) is 0. The Hall–Kier alpha value is -2.13. The van der Waals surface area contributed by atoms with Crippen LogP contribution in [0.15, 0.2) is 47.5 Å². The van der Waals surface area contributed by atoms with E-state index in [9.17, 15) is 26.4 Å². The first-order chi connectivity index (χ1) is 14.0. The van der Waals surface area contributed by atoms with Crippen molar-refractivity contribution in [1.29, 1.82) is 0 Å². The molecule has 10 heteroatoms. The SMILES string of the molecule is O=C(N[C@H]1CC[C@H](CS(=O)(=O)c2cccc(C(F)(F)F)c2)CC1)c1ccnc(Cl)c1. The van der Waals surface area contributed by atoms with E-state index >= 15 is 0 Å². The lowest BCUT2D eigenvalue weighted by atomic mass is 9.87. The number of pyridine rings is 1. The van der Waals surface area contributed by atoms with Crippen molar-refractivity contribution in [2.45, 2.75) is 42.8 Å². The van der Waals surface area contributed by atoms with Crippen molar-refractivity contribution in [3.05, 3.63) is 58.9 Å². The molecule has 1 fully saturated rings. The number of carbonyl (C=O) groups excluding carboxylic acids is 1. The van der Waals surface area contributed by atoms with E-state index in [1.54, 1.807) is 6.07 Å². The van der Waals surface area contributed by atoms with Crippen LogP contribution in [0.25, 0.3) is 0 Å². The molecule has 0 saturated heterocycles. The predicted octanol–water partition coefficient (Wildman–Crippen LogP) is 4.52. The Bertz CT molecular complexity index is 1020. The van der Waals surface area contributed by atoms with E-state index in [-0.39, 0.29) is 33.7 Å². The summed E-state index contributed by atoms with van der Waals surface area (Å²) in [5.74, 6) is -0.665. The zero-order valence-corrected chi connectivity index (χ0v) is 17.4. The van der Waals surface area contributed by atoms with Gasteiger partial charge in [0.05, 0.1) is 16.2 Å². The van der Waals surface area contributed by atoms with Crippen LogP contribution in [-0.2, 0) is 16.0 Å². The number of hydrogen-bond donors (Lipinski definition) is 1. The van der Waals surface area contributed by atoms with Crippen LogP contribution in [0.5, 0.6) is 0 Å². The number of carbonyl (C=O) groups is 1. The molecule has 162 valence electrons. The maximum Gasteiger partial charge on any atom is 0.416 e. The minimum atomic E-state index is -4.60. The number of nitrogens with zero attached hydrogens (tertiary/aromatic N) is 1. The highest BCUT2D eigenvalue weighted by Gasteiger charge is 2.33. The lowest BCUT2D eigenvalue weighted by molar-refractivity contribution is -0.137. The van der Waals surface area contributed by atoms with Gasteiger partial charge in [0.1, 0.15) is 5.15 Å². The first-order valence-corrected chi connectivity index (χ1v) is 11.4. The summed E-state index contributed by atoms with van der Waals surface area (Å²) in [6, 6.07) is 6.74. The second-order valence-corrected chi connectivity index (χ2v) is 9.79. The fourth-order valence-electron chi connectivity index (χ4n) is 3.56. The van der Waals surface area contributed by atoms with Crippen LogP contribution < -0.4 is 5.32 Å². The lowest BCUT2D eigenvalue weighted by Gasteiger charge is -2.29. The van der Waals surface area contributed by atoms with Crippen LogP contribution in [0.3, 0.4) is 0 Å². The van der Waals surface area contributed by atoms with Crippen molar-refractivity contribution in [3.8, 4) is 0 Å². The fraction of sp³-hybridized carbons (Fsp3) is 0.400. The van der Waals surface area contributed by atoms with Gasteiger partial charge in [0.25, 0.3) is 5.91 Å². The molecule has 1 N–H and O–H groups in total. The highest BCUT2D eigenvalue weighted by molar-refractivity contribution is 7.91. The molecular weight excluding hydrogens is 441 g/mol. The second kappa shape index (κ2) is 8.93. The first kappa shape index (κ1) is 22.6. The van der Waals surface area contributed by atoms with Crippen molar-refractivity contribution in [1.82, 2.24) is 10.3 Å². The lowest BCUT2D eigenvalue weighted by Crippen LogP contribution is -2.38. The number of aromatic nitrogens is 1. The van der Waals surface area contributed by atoms with E-state index in [1.807, 2.05) is 0 Å². The molecule has 3 rings (SSSR count). The van der Waals surface area contributed by atoms with Gasteiger partial charge in [-0.05, 0) is 61.9 Å². The molecule has 1 aromatic carbocycles. The normalized spacial score (nSPS) is 20.0. The number of hydrogen-bond acceptors (Lipinski definition) is 4. The van der Waals surface area contributed by atoms with Crippen molar-refractivity contribution in [2.24, 2.45) is 5.92 Å². The second-order valence-electron chi connectivity index (χ2n) is 7.37. The summed E-state index contributed by atoms with van der Waals surface area (Å²) in [7, 11) is -3.84. The third-order valence-corrected chi connectivity index (χ3v) is 7.24. The standard InChI is InChI=1S/C20H20ClF3N2O3S/c21-18-10-14(8-9-25-18)19(27)26-16-6-4-13(5-7-16)12-30(28,29)17-3-1-2-15(11-17)20(22,23)24/h1-3,8-11,13,16H,4-7,12H2,(H,26,27)/t13-,16-. The quantitative estimate of drug-likeness (QED) is 0.666. The summed E-state index contributed by atoms with van der Waals surface area (Å²) in [4.78, 5) is 15.8. The predicted molar refractivity (Wildman–Crippen MR) is 106 cm³/mol. The van der Waals surface area contributed by atoms with Crippen LogP contribution >= 0.6 is 11.6 Å². The molecule has 1 saturated carbocycles. The average Bonchev–Trinajstić information content (AvgIpc) is 2.69. The topological polar surface area (TPSA) is 76.1 Å². The van der Waals surface area contributed by atoms with Gasteiger partial charge in [0.15, 0.2) is 9.84 Å². The number of sulfone groups is 1. The Morgan fingerprint density at radius 2 is 1.83 bits per heavy atom. The maximum atomic E-state index is 12.9. The van der Waals surface area contributed by atoms with E-state index in [0.29, 0.717) is 37.3 Å². The summed E-state index contributed by atoms with van der Waals surface area (Å²) < 4.78 is 63.8. The molecule has 0 bridgehead atoms. The van der Waals surface area contributed by atoms with Gasteiger partial charge < -0.3 is 5.32 Å².